The van der Waals surface area contributed by atoms with E-state index in [9.17, 15) is 52.5 Å². The zero-order valence-corrected chi connectivity index (χ0v) is 12.9. The predicted molar refractivity (Wildman–Crippen MR) is 36.3 cm³/mol. The molecule has 0 aromatic heterocycles. The van der Waals surface area contributed by atoms with Gasteiger partial charge in [-0.3, -0.25) is 0 Å². The molecule has 0 heterocycles. The fourth-order valence-corrected chi connectivity index (χ4v) is 0.960. The zero-order valence-electron chi connectivity index (χ0n) is 7.61. The summed E-state index contributed by atoms with van der Waals surface area (Å²) in [5.74, 6) is -14.8. The number of hydrogen-bond donors (Lipinski definition) is 0. The van der Waals surface area contributed by atoms with Gasteiger partial charge in [0.25, 0.3) is 0 Å². The van der Waals surface area contributed by atoms with E-state index in [1.165, 1.54) is 0 Å². The van der Waals surface area contributed by atoms with E-state index in [1.54, 1.807) is 0 Å². The second kappa shape index (κ2) is 4.95. The summed E-state index contributed by atoms with van der Waals surface area (Å²) in [6.45, 7) is 0. The van der Waals surface area contributed by atoms with Gasteiger partial charge in [-0.2, -0.15) is 39.5 Å². The summed E-state index contributed by atoms with van der Waals surface area (Å²) in [6, 6.07) is 0. The maximum Gasteiger partial charge on any atom is 1.00 e. The van der Waals surface area contributed by atoms with E-state index in [0.29, 0.717) is 0 Å². The van der Waals surface area contributed by atoms with E-state index in [4.69, 9.17) is 0 Å². The minimum Gasteiger partial charge on any atom is -0.743 e. The van der Waals surface area contributed by atoms with Crippen LogP contribution in [0, 0.1) is 0 Å². The van der Waals surface area contributed by atoms with Crippen LogP contribution in [0.5, 0.6) is 0 Å². The number of halogens is 9. The Balaban J connectivity index is 0. The molecule has 0 aliphatic carbocycles. The topological polar surface area (TPSA) is 57.2 Å². The van der Waals surface area contributed by atoms with Crippen LogP contribution in [0.15, 0.2) is 0 Å². The molecule has 0 aromatic carbocycles. The van der Waals surface area contributed by atoms with Crippen molar-refractivity contribution in [1.82, 2.24) is 0 Å². The zero-order chi connectivity index (χ0) is 14.5. The Morgan fingerprint density at radius 3 is 1.17 bits per heavy atom. The van der Waals surface area contributed by atoms with Crippen molar-refractivity contribution < 1.29 is 52.5 Å². The monoisotopic (exact) mass is 504 g/mol. The molecule has 0 radical (unpaired) electrons. The molecule has 14 heteroatoms. The van der Waals surface area contributed by atoms with Crippen LogP contribution in [0.1, 0.15) is 0 Å². The Kier molecular flexibility index (Phi) is 5.64. The molecule has 3 nitrogen and oxygen atoms in total. The van der Waals surface area contributed by atoms with Crippen molar-refractivity contribution in [2.24, 2.45) is 0 Å². The van der Waals surface area contributed by atoms with Crippen molar-refractivity contribution in [3.8, 4) is 0 Å². The fraction of sp³-hybridized carbons (Fsp3) is 1.00. The average molecular weight is 503 g/mol. The molecule has 0 saturated carbocycles. The second-order valence-electron chi connectivity index (χ2n) is 2.62. The van der Waals surface area contributed by atoms with E-state index < -0.39 is 33.4 Å². The Bertz CT molecular complexity index is 399. The maximum absolute atomic E-state index is 12.2. The number of rotatable bonds is 3. The third-order valence-electron chi connectivity index (χ3n) is 1.43. The van der Waals surface area contributed by atoms with Gasteiger partial charge in [-0.25, -0.2) is 8.42 Å². The minimum absolute atomic E-state index is 0. The predicted octanol–water partition coefficient (Wildman–Crippen LogP) is 1.58. The summed E-state index contributed by atoms with van der Waals surface area (Å²) in [7, 11) is -7.42. The van der Waals surface area contributed by atoms with Crippen LogP contribution in [-0.4, -0.2) is 63.5 Å². The van der Waals surface area contributed by atoms with Gasteiger partial charge >= 0.3 is 50.6 Å². The van der Waals surface area contributed by atoms with Gasteiger partial charge in [-0.05, 0) is 0 Å². The SMILES string of the molecule is O=S(=O)([O-])C(F)(F)C(F)(F)C(F)(F)C(F)(F)F.[Tl+]. The quantitative estimate of drug-likeness (QED) is 0.334. The molecule has 0 saturated heterocycles. The van der Waals surface area contributed by atoms with E-state index in [2.05, 4.69) is 0 Å². The first kappa shape index (κ1) is 20.5. The van der Waals surface area contributed by atoms with Crippen molar-refractivity contribution >= 4 is 37.4 Å². The van der Waals surface area contributed by atoms with E-state index in [0.717, 1.165) is 0 Å². The van der Waals surface area contributed by atoms with Crippen LogP contribution >= 0.6 is 0 Å². The molecule has 0 aliphatic heterocycles. The summed E-state index contributed by atoms with van der Waals surface area (Å²) in [6.07, 6.45) is -7.16. The molecule has 0 amide bonds. The van der Waals surface area contributed by atoms with Crippen molar-refractivity contribution in [3.63, 3.8) is 0 Å². The van der Waals surface area contributed by atoms with Crippen molar-refractivity contribution in [3.05, 3.63) is 0 Å². The molecule has 0 bridgehead atoms. The van der Waals surface area contributed by atoms with Gasteiger partial charge in [0.2, 0.25) is 0 Å². The smallest absolute Gasteiger partial charge is 0.743 e. The molecule has 0 unspecified atom stereocenters. The van der Waals surface area contributed by atoms with E-state index in [1.807, 2.05) is 0 Å². The first-order valence-electron chi connectivity index (χ1n) is 3.15. The Hall–Kier alpha value is 0.202. The Morgan fingerprint density at radius 2 is 1.00 bits per heavy atom. The first-order valence-corrected chi connectivity index (χ1v) is 4.56. The van der Waals surface area contributed by atoms with Crippen LogP contribution in [-0.2, 0) is 10.1 Å². The molecule has 0 N–H and O–H groups in total. The molecule has 106 valence electrons. The second-order valence-corrected chi connectivity index (χ2v) is 4.04. The first-order chi connectivity index (χ1) is 7.00. The molecule has 0 aliphatic rings. The summed E-state index contributed by atoms with van der Waals surface area (Å²) >= 11 is 0. The molecule has 0 aromatic rings. The minimum atomic E-state index is -7.43. The molecule has 0 spiro atoms. The van der Waals surface area contributed by atoms with Crippen LogP contribution in [0.2, 0.25) is 0 Å². The van der Waals surface area contributed by atoms with Crippen molar-refractivity contribution in [2.75, 3.05) is 0 Å². The van der Waals surface area contributed by atoms with Crippen LogP contribution in [0.3, 0.4) is 0 Å². The average Bonchev–Trinajstić information content (AvgIpc) is 1.98. The summed E-state index contributed by atoms with van der Waals surface area (Å²) in [5.41, 5.74) is 0. The van der Waals surface area contributed by atoms with Gasteiger partial charge in [0.1, 0.15) is 0 Å². The standard InChI is InChI=1S/C4HF9O3S.Tl/c5-1(6,3(9,10)11)2(7,8)4(12,13)17(14,15)16;/h(H,14,15,16);/q;+1/p-1. The van der Waals surface area contributed by atoms with Gasteiger partial charge in [-0.1, -0.05) is 0 Å². The van der Waals surface area contributed by atoms with Gasteiger partial charge in [-0.15, -0.1) is 0 Å². The molecular formula is C4F9O3STl. The maximum atomic E-state index is 12.2. The number of alkyl halides is 9. The third kappa shape index (κ3) is 2.86. The number of hydrogen-bond acceptors (Lipinski definition) is 3. The van der Waals surface area contributed by atoms with Crippen molar-refractivity contribution in [2.45, 2.75) is 23.3 Å². The van der Waals surface area contributed by atoms with E-state index >= 15 is 0 Å². The van der Waals surface area contributed by atoms with Gasteiger partial charge < -0.3 is 4.55 Å². The summed E-state index contributed by atoms with van der Waals surface area (Å²) < 4.78 is 135. The molecular weight excluding hydrogens is 503 g/mol. The Morgan fingerprint density at radius 1 is 0.722 bits per heavy atom. The van der Waals surface area contributed by atoms with Gasteiger partial charge in [0.15, 0.2) is 10.1 Å². The Labute approximate surface area is 113 Å². The van der Waals surface area contributed by atoms with Crippen LogP contribution < -0.4 is 0 Å². The largest absolute Gasteiger partial charge is 1.00 e. The molecule has 0 atom stereocenters. The third-order valence-corrected chi connectivity index (χ3v) is 2.31. The summed E-state index contributed by atoms with van der Waals surface area (Å²) in [5, 5.41) is -7.11. The van der Waals surface area contributed by atoms with Crippen molar-refractivity contribution in [1.29, 1.82) is 0 Å². The fourth-order valence-electron chi connectivity index (χ4n) is 0.518. The van der Waals surface area contributed by atoms with Gasteiger partial charge in [0, 0.05) is 0 Å². The molecule has 18 heavy (non-hydrogen) atoms. The molecule has 0 fully saturated rings. The van der Waals surface area contributed by atoms with Gasteiger partial charge in [0.05, 0.1) is 0 Å². The summed E-state index contributed by atoms with van der Waals surface area (Å²) in [4.78, 5) is 0. The molecule has 0 rings (SSSR count). The normalized spacial score (nSPS) is 15.2. The van der Waals surface area contributed by atoms with Crippen LogP contribution in [0.25, 0.3) is 0 Å². The van der Waals surface area contributed by atoms with E-state index in [-0.39, 0.29) is 27.3 Å². The van der Waals surface area contributed by atoms with Crippen LogP contribution in [0.4, 0.5) is 39.5 Å².